The highest BCUT2D eigenvalue weighted by molar-refractivity contribution is 5.74. The van der Waals surface area contributed by atoms with Gasteiger partial charge in [-0.25, -0.2) is 4.79 Å². The van der Waals surface area contributed by atoms with Crippen LogP contribution in [0, 0.1) is 30.1 Å². The highest BCUT2D eigenvalue weighted by Crippen LogP contribution is 2.51. The first-order valence-electron chi connectivity index (χ1n) is 11.2. The first kappa shape index (κ1) is 22.1. The SMILES string of the molecule is CCNC(=O)N(CC(C)[C@@H]1CC[C@@H](C)[C@]2(O)[CH][C@@H](OC(C)=O)C(C)=C[C@H]12)C1CC1. The maximum atomic E-state index is 12.5. The molecule has 0 aromatic heterocycles. The van der Waals surface area contributed by atoms with Gasteiger partial charge in [-0.2, -0.15) is 0 Å². The zero-order chi connectivity index (χ0) is 21.3. The lowest BCUT2D eigenvalue weighted by molar-refractivity contribution is -0.148. The van der Waals surface area contributed by atoms with E-state index in [1.54, 1.807) is 0 Å². The van der Waals surface area contributed by atoms with E-state index in [1.165, 1.54) is 6.92 Å². The third kappa shape index (κ3) is 4.62. The highest BCUT2D eigenvalue weighted by atomic mass is 16.5. The molecule has 0 saturated heterocycles. The maximum Gasteiger partial charge on any atom is 0.317 e. The van der Waals surface area contributed by atoms with Crippen molar-refractivity contribution in [3.63, 3.8) is 0 Å². The lowest BCUT2D eigenvalue weighted by Crippen LogP contribution is -2.57. The van der Waals surface area contributed by atoms with E-state index in [9.17, 15) is 14.7 Å². The molecule has 1 radical (unpaired) electrons. The number of hydrogen-bond donors (Lipinski definition) is 2. The number of amides is 2. The average Bonchev–Trinajstić information content (AvgIpc) is 3.47. The minimum absolute atomic E-state index is 0.0247. The van der Waals surface area contributed by atoms with Gasteiger partial charge in [0.2, 0.25) is 0 Å². The molecule has 1 unspecified atom stereocenters. The van der Waals surface area contributed by atoms with Crippen LogP contribution in [-0.4, -0.2) is 52.8 Å². The zero-order valence-electron chi connectivity index (χ0n) is 18.5. The van der Waals surface area contributed by atoms with Gasteiger partial charge in [0, 0.05) is 38.4 Å². The van der Waals surface area contributed by atoms with Crippen molar-refractivity contribution in [3.8, 4) is 0 Å². The summed E-state index contributed by atoms with van der Waals surface area (Å²) in [5.41, 5.74) is -0.0173. The van der Waals surface area contributed by atoms with Crippen molar-refractivity contribution in [1.82, 2.24) is 10.2 Å². The Labute approximate surface area is 175 Å². The predicted octanol–water partition coefficient (Wildman–Crippen LogP) is 3.31. The van der Waals surface area contributed by atoms with Crippen molar-refractivity contribution >= 4 is 12.0 Å². The van der Waals surface area contributed by atoms with Gasteiger partial charge in [0.15, 0.2) is 0 Å². The Morgan fingerprint density at radius 3 is 2.62 bits per heavy atom. The molecular formula is C23H37N2O4. The van der Waals surface area contributed by atoms with Crippen LogP contribution in [-0.2, 0) is 9.53 Å². The summed E-state index contributed by atoms with van der Waals surface area (Å²) < 4.78 is 5.44. The lowest BCUT2D eigenvalue weighted by atomic mass is 9.57. The highest BCUT2D eigenvalue weighted by Gasteiger charge is 2.53. The Balaban J connectivity index is 1.79. The molecule has 6 atom stereocenters. The quantitative estimate of drug-likeness (QED) is 0.525. The van der Waals surface area contributed by atoms with E-state index in [1.807, 2.05) is 25.2 Å². The Hall–Kier alpha value is -1.56. The fourth-order valence-corrected chi connectivity index (χ4v) is 5.24. The van der Waals surface area contributed by atoms with Gasteiger partial charge in [0.1, 0.15) is 6.10 Å². The molecule has 0 aromatic rings. The predicted molar refractivity (Wildman–Crippen MR) is 112 cm³/mol. The van der Waals surface area contributed by atoms with Gasteiger partial charge in [0.25, 0.3) is 0 Å². The van der Waals surface area contributed by atoms with Gasteiger partial charge in [-0.1, -0.05) is 19.9 Å². The monoisotopic (exact) mass is 405 g/mol. The van der Waals surface area contributed by atoms with E-state index in [0.29, 0.717) is 19.1 Å². The minimum Gasteiger partial charge on any atom is -0.458 e. The molecule has 3 aliphatic carbocycles. The lowest BCUT2D eigenvalue weighted by Gasteiger charge is -2.53. The minimum atomic E-state index is -0.993. The smallest absolute Gasteiger partial charge is 0.317 e. The van der Waals surface area contributed by atoms with Gasteiger partial charge in [-0.3, -0.25) is 4.79 Å². The summed E-state index contributed by atoms with van der Waals surface area (Å²) in [6.45, 7) is 10.9. The fraction of sp³-hybridized carbons (Fsp3) is 0.783. The Morgan fingerprint density at radius 1 is 1.34 bits per heavy atom. The molecule has 2 amide bonds. The first-order valence-corrected chi connectivity index (χ1v) is 11.2. The summed E-state index contributed by atoms with van der Waals surface area (Å²) in [6.07, 6.45) is 7.61. The first-order chi connectivity index (χ1) is 13.7. The standard InChI is InChI=1S/C23H37N2O4/c1-6-24-22(27)25(18-8-9-18)13-15(3)19-10-7-16(4)23(28)12-21(29-17(5)26)14(2)11-20(19)23/h11-12,15-16,18-21,28H,6-10,13H2,1-5H3,(H,24,27)/t15?,16-,19+,20-,21-,23-/m1/s1. The largest absolute Gasteiger partial charge is 0.458 e. The number of carbonyl (C=O) groups excluding carboxylic acids is 2. The van der Waals surface area contributed by atoms with Crippen LogP contribution in [0.5, 0.6) is 0 Å². The maximum absolute atomic E-state index is 12.5. The summed E-state index contributed by atoms with van der Waals surface area (Å²) in [5, 5.41) is 14.6. The Bertz CT molecular complexity index is 659. The normalized spacial score (nSPS) is 35.2. The van der Waals surface area contributed by atoms with Crippen LogP contribution in [0.4, 0.5) is 4.79 Å². The molecule has 2 fully saturated rings. The number of fused-ring (bicyclic) bond motifs is 1. The van der Waals surface area contributed by atoms with Crippen molar-refractivity contribution in [2.24, 2.45) is 23.7 Å². The van der Waals surface area contributed by atoms with Crippen LogP contribution in [0.15, 0.2) is 11.6 Å². The van der Waals surface area contributed by atoms with Crippen LogP contribution >= 0.6 is 0 Å². The van der Waals surface area contributed by atoms with Crippen molar-refractivity contribution < 1.29 is 19.4 Å². The molecule has 0 aliphatic heterocycles. The molecule has 3 rings (SSSR count). The van der Waals surface area contributed by atoms with Gasteiger partial charge >= 0.3 is 12.0 Å². The van der Waals surface area contributed by atoms with Gasteiger partial charge < -0.3 is 20.1 Å². The van der Waals surface area contributed by atoms with Crippen LogP contribution in [0.2, 0.25) is 0 Å². The van der Waals surface area contributed by atoms with Crippen LogP contribution < -0.4 is 5.32 Å². The molecule has 0 aromatic carbocycles. The van der Waals surface area contributed by atoms with E-state index >= 15 is 0 Å². The third-order valence-electron chi connectivity index (χ3n) is 7.11. The number of aliphatic hydroxyl groups is 1. The number of carbonyl (C=O) groups is 2. The third-order valence-corrected chi connectivity index (χ3v) is 7.11. The number of ether oxygens (including phenoxy) is 1. The van der Waals surface area contributed by atoms with Crippen molar-refractivity contribution in [1.29, 1.82) is 0 Å². The number of esters is 1. The topological polar surface area (TPSA) is 78.9 Å². The summed E-state index contributed by atoms with van der Waals surface area (Å²) >= 11 is 0. The number of nitrogens with one attached hydrogen (secondary N) is 1. The molecule has 0 spiro atoms. The van der Waals surface area contributed by atoms with Crippen LogP contribution in [0.25, 0.3) is 0 Å². The van der Waals surface area contributed by atoms with E-state index in [4.69, 9.17) is 4.74 Å². The number of nitrogens with zero attached hydrogens (tertiary/aromatic N) is 1. The second-order valence-corrected chi connectivity index (χ2v) is 9.36. The molecule has 163 valence electrons. The summed E-state index contributed by atoms with van der Waals surface area (Å²) in [6, 6.07) is 0.382. The van der Waals surface area contributed by atoms with Gasteiger partial charge in [-0.15, -0.1) is 0 Å². The van der Waals surface area contributed by atoms with E-state index in [-0.39, 0.29) is 35.7 Å². The number of rotatable bonds is 6. The summed E-state index contributed by atoms with van der Waals surface area (Å²) in [4.78, 5) is 26.0. The average molecular weight is 406 g/mol. The summed E-state index contributed by atoms with van der Waals surface area (Å²) in [5.74, 6) is 0.280. The van der Waals surface area contributed by atoms with E-state index in [0.717, 1.165) is 31.3 Å². The fourth-order valence-electron chi connectivity index (χ4n) is 5.24. The molecule has 2 saturated carbocycles. The number of urea groups is 1. The molecule has 29 heavy (non-hydrogen) atoms. The molecule has 3 aliphatic rings. The molecule has 0 heterocycles. The van der Waals surface area contributed by atoms with Crippen molar-refractivity contribution in [2.75, 3.05) is 13.1 Å². The van der Waals surface area contributed by atoms with E-state index in [2.05, 4.69) is 25.2 Å². The Kier molecular flexibility index (Phi) is 6.61. The Morgan fingerprint density at radius 2 is 2.03 bits per heavy atom. The van der Waals surface area contributed by atoms with Crippen LogP contribution in [0.1, 0.15) is 60.3 Å². The molecule has 6 heteroatoms. The zero-order valence-corrected chi connectivity index (χ0v) is 18.5. The van der Waals surface area contributed by atoms with Crippen molar-refractivity contribution in [2.45, 2.75) is 78.0 Å². The molecule has 2 N–H and O–H groups in total. The second kappa shape index (κ2) is 8.66. The molecule has 6 nitrogen and oxygen atoms in total. The number of hydrogen-bond acceptors (Lipinski definition) is 4. The van der Waals surface area contributed by atoms with Crippen LogP contribution in [0.3, 0.4) is 0 Å². The van der Waals surface area contributed by atoms with Gasteiger partial charge in [0.05, 0.1) is 5.60 Å². The van der Waals surface area contributed by atoms with Crippen molar-refractivity contribution in [3.05, 3.63) is 18.1 Å². The van der Waals surface area contributed by atoms with Gasteiger partial charge in [-0.05, 0) is 62.9 Å². The second-order valence-electron chi connectivity index (χ2n) is 9.36. The summed E-state index contributed by atoms with van der Waals surface area (Å²) in [7, 11) is 0. The van der Waals surface area contributed by atoms with E-state index < -0.39 is 11.7 Å². The molecular weight excluding hydrogens is 368 g/mol. The molecule has 0 bridgehead atoms.